The Morgan fingerprint density at radius 1 is 1.00 bits per heavy atom. The number of likely N-dealkylation sites (tertiary alicyclic amines) is 1. The van der Waals surface area contributed by atoms with Crippen LogP contribution in [0.25, 0.3) is 0 Å². The fraction of sp³-hybridized carbons (Fsp3) is 0.500. The molecule has 2 rings (SSSR count). The summed E-state index contributed by atoms with van der Waals surface area (Å²) < 4.78 is 0. The Morgan fingerprint density at radius 3 is 2.14 bits per heavy atom. The lowest BCUT2D eigenvalue weighted by molar-refractivity contribution is 0.331. The van der Waals surface area contributed by atoms with E-state index < -0.39 is 0 Å². The summed E-state index contributed by atoms with van der Waals surface area (Å²) in [6.45, 7) is 3.62. The number of hydrogen-bond donors (Lipinski definition) is 0. The van der Waals surface area contributed by atoms with Gasteiger partial charge in [0.15, 0.2) is 0 Å². The molecular formula is C12H16ClN. The van der Waals surface area contributed by atoms with Crippen molar-refractivity contribution in [1.82, 2.24) is 4.90 Å². The van der Waals surface area contributed by atoms with E-state index in [1.807, 2.05) is 0 Å². The summed E-state index contributed by atoms with van der Waals surface area (Å²) in [5.74, 6) is 0.615. The van der Waals surface area contributed by atoms with Crippen molar-refractivity contribution in [3.05, 3.63) is 35.4 Å². The summed E-state index contributed by atoms with van der Waals surface area (Å²) in [5.41, 5.74) is 2.61. The van der Waals surface area contributed by atoms with Crippen molar-refractivity contribution in [2.75, 3.05) is 13.1 Å². The zero-order valence-corrected chi connectivity index (χ0v) is 9.13. The van der Waals surface area contributed by atoms with Crippen molar-refractivity contribution in [3.63, 3.8) is 0 Å². The van der Waals surface area contributed by atoms with E-state index in [1.54, 1.807) is 0 Å². The van der Waals surface area contributed by atoms with Crippen LogP contribution in [0, 0.1) is 0 Å². The maximum absolute atomic E-state index is 5.74. The third-order valence-corrected chi connectivity index (χ3v) is 3.09. The molecule has 0 aromatic heterocycles. The molecule has 14 heavy (non-hydrogen) atoms. The van der Waals surface area contributed by atoms with Crippen LogP contribution in [-0.4, -0.2) is 18.0 Å². The number of halogens is 1. The Kier molecular flexibility index (Phi) is 3.44. The monoisotopic (exact) mass is 209 g/mol. The van der Waals surface area contributed by atoms with Crippen molar-refractivity contribution in [2.24, 2.45) is 0 Å². The van der Waals surface area contributed by atoms with Crippen LogP contribution in [0.2, 0.25) is 0 Å². The molecular weight excluding hydrogens is 194 g/mol. The van der Waals surface area contributed by atoms with E-state index in [9.17, 15) is 0 Å². The minimum Gasteiger partial charge on any atom is -0.299 e. The Labute approximate surface area is 90.7 Å². The average molecular weight is 210 g/mol. The maximum atomic E-state index is 5.74. The smallest absolute Gasteiger partial charge is 0.0474 e. The van der Waals surface area contributed by atoms with E-state index in [1.165, 1.54) is 37.1 Å². The molecule has 1 fully saturated rings. The number of alkyl halides is 1. The number of nitrogens with zero attached hydrogens (tertiary/aromatic N) is 1. The lowest BCUT2D eigenvalue weighted by Gasteiger charge is -2.14. The molecule has 0 spiro atoms. The van der Waals surface area contributed by atoms with Gasteiger partial charge in [0.2, 0.25) is 0 Å². The van der Waals surface area contributed by atoms with E-state index in [0.717, 1.165) is 6.54 Å². The topological polar surface area (TPSA) is 3.24 Å². The van der Waals surface area contributed by atoms with Gasteiger partial charge in [0, 0.05) is 12.4 Å². The minimum absolute atomic E-state index is 0.615. The van der Waals surface area contributed by atoms with E-state index in [2.05, 4.69) is 29.2 Å². The Bertz CT molecular complexity index is 275. The van der Waals surface area contributed by atoms with Gasteiger partial charge in [0.05, 0.1) is 0 Å². The van der Waals surface area contributed by atoms with Crippen molar-refractivity contribution >= 4 is 11.6 Å². The van der Waals surface area contributed by atoms with Gasteiger partial charge in [-0.2, -0.15) is 0 Å². The number of benzene rings is 1. The molecule has 0 radical (unpaired) electrons. The van der Waals surface area contributed by atoms with Gasteiger partial charge in [0.25, 0.3) is 0 Å². The highest BCUT2D eigenvalue weighted by Gasteiger charge is 2.11. The molecule has 1 aliphatic rings. The highest BCUT2D eigenvalue weighted by molar-refractivity contribution is 6.17. The average Bonchev–Trinajstić information content (AvgIpc) is 2.72. The molecule has 1 aromatic carbocycles. The molecule has 0 N–H and O–H groups in total. The van der Waals surface area contributed by atoms with Crippen molar-refractivity contribution in [1.29, 1.82) is 0 Å². The molecule has 2 heteroatoms. The molecule has 1 saturated heterocycles. The van der Waals surface area contributed by atoms with Crippen molar-refractivity contribution < 1.29 is 0 Å². The highest BCUT2D eigenvalue weighted by Crippen LogP contribution is 2.13. The quantitative estimate of drug-likeness (QED) is 0.692. The van der Waals surface area contributed by atoms with Crippen LogP contribution < -0.4 is 0 Å². The molecule has 0 atom stereocenters. The molecule has 0 saturated carbocycles. The first-order valence-corrected chi connectivity index (χ1v) is 5.78. The van der Waals surface area contributed by atoms with E-state index >= 15 is 0 Å². The summed E-state index contributed by atoms with van der Waals surface area (Å²) >= 11 is 5.74. The third kappa shape index (κ3) is 2.49. The Balaban J connectivity index is 1.95. The highest BCUT2D eigenvalue weighted by atomic mass is 35.5. The standard InChI is InChI=1S/C12H16ClN/c13-9-11-3-5-12(6-4-11)10-14-7-1-2-8-14/h3-6H,1-2,7-10H2. The fourth-order valence-electron chi connectivity index (χ4n) is 1.93. The maximum Gasteiger partial charge on any atom is 0.0474 e. The van der Waals surface area contributed by atoms with Crippen molar-refractivity contribution in [3.8, 4) is 0 Å². The summed E-state index contributed by atoms with van der Waals surface area (Å²) in [5, 5.41) is 0. The normalized spacial score (nSPS) is 17.5. The summed E-state index contributed by atoms with van der Waals surface area (Å²) in [6.07, 6.45) is 2.72. The van der Waals surface area contributed by atoms with E-state index in [4.69, 9.17) is 11.6 Å². The SMILES string of the molecule is ClCc1ccc(CN2CCCC2)cc1. The van der Waals surface area contributed by atoms with E-state index in [-0.39, 0.29) is 0 Å². The molecule has 0 aliphatic carbocycles. The predicted molar refractivity (Wildman–Crippen MR) is 60.5 cm³/mol. The second-order valence-corrected chi connectivity index (χ2v) is 4.20. The molecule has 0 amide bonds. The summed E-state index contributed by atoms with van der Waals surface area (Å²) in [4.78, 5) is 2.51. The van der Waals surface area contributed by atoms with Crippen LogP contribution >= 0.6 is 11.6 Å². The van der Waals surface area contributed by atoms with Gasteiger partial charge < -0.3 is 0 Å². The van der Waals surface area contributed by atoms with Crippen molar-refractivity contribution in [2.45, 2.75) is 25.3 Å². The molecule has 1 nitrogen and oxygen atoms in total. The van der Waals surface area contributed by atoms with Gasteiger partial charge in [0.1, 0.15) is 0 Å². The molecule has 1 heterocycles. The van der Waals surface area contributed by atoms with Gasteiger partial charge in [-0.05, 0) is 37.1 Å². The summed E-state index contributed by atoms with van der Waals surface area (Å²) in [6, 6.07) is 8.63. The largest absolute Gasteiger partial charge is 0.299 e. The first kappa shape index (κ1) is 10.0. The number of hydrogen-bond acceptors (Lipinski definition) is 1. The van der Waals surface area contributed by atoms with Gasteiger partial charge in [-0.1, -0.05) is 24.3 Å². The predicted octanol–water partition coefficient (Wildman–Crippen LogP) is 3.02. The lowest BCUT2D eigenvalue weighted by Crippen LogP contribution is -2.18. The van der Waals surface area contributed by atoms with Crippen LogP contribution in [0.1, 0.15) is 24.0 Å². The second kappa shape index (κ2) is 4.81. The number of rotatable bonds is 3. The molecule has 1 aromatic rings. The van der Waals surface area contributed by atoms with Gasteiger partial charge in [-0.3, -0.25) is 4.90 Å². The van der Waals surface area contributed by atoms with Crippen LogP contribution in [0.15, 0.2) is 24.3 Å². The van der Waals surface area contributed by atoms with Crippen LogP contribution in [0.4, 0.5) is 0 Å². The first-order chi connectivity index (χ1) is 6.88. The third-order valence-electron chi connectivity index (χ3n) is 2.78. The van der Waals surface area contributed by atoms with Gasteiger partial charge >= 0.3 is 0 Å². The van der Waals surface area contributed by atoms with Gasteiger partial charge in [-0.25, -0.2) is 0 Å². The lowest BCUT2D eigenvalue weighted by atomic mass is 10.1. The first-order valence-electron chi connectivity index (χ1n) is 5.24. The minimum atomic E-state index is 0.615. The molecule has 0 bridgehead atoms. The summed E-state index contributed by atoms with van der Waals surface area (Å²) in [7, 11) is 0. The zero-order valence-electron chi connectivity index (χ0n) is 8.38. The zero-order chi connectivity index (χ0) is 9.80. The van der Waals surface area contributed by atoms with Gasteiger partial charge in [-0.15, -0.1) is 11.6 Å². The van der Waals surface area contributed by atoms with Crippen LogP contribution in [0.5, 0.6) is 0 Å². The Hall–Kier alpha value is -0.530. The van der Waals surface area contributed by atoms with Crippen LogP contribution in [0.3, 0.4) is 0 Å². The fourth-order valence-corrected chi connectivity index (χ4v) is 2.11. The Morgan fingerprint density at radius 2 is 1.57 bits per heavy atom. The van der Waals surface area contributed by atoms with E-state index in [0.29, 0.717) is 5.88 Å². The molecule has 0 unspecified atom stereocenters. The van der Waals surface area contributed by atoms with Crippen LogP contribution in [-0.2, 0) is 12.4 Å². The molecule has 1 aliphatic heterocycles. The second-order valence-electron chi connectivity index (χ2n) is 3.93. The molecule has 76 valence electrons.